The molecule has 0 radical (unpaired) electrons. The molecule has 0 fully saturated rings. The maximum Gasteiger partial charge on any atom is 0.134 e. The van der Waals surface area contributed by atoms with E-state index in [1.165, 1.54) is 0 Å². The van der Waals surface area contributed by atoms with Crippen molar-refractivity contribution in [3.8, 4) is 0 Å². The largest absolute Gasteiger partial charge is 0.384 e. The fourth-order valence-corrected chi connectivity index (χ4v) is 1.81. The number of aryl methyl sites for hydroxylation is 1. The summed E-state index contributed by atoms with van der Waals surface area (Å²) in [4.78, 5) is 11.0. The van der Waals surface area contributed by atoms with Crippen molar-refractivity contribution in [2.45, 2.75) is 39.7 Å². The molecule has 0 aliphatic carbocycles. The lowest BCUT2D eigenvalue weighted by atomic mass is 10.3. The Morgan fingerprint density at radius 1 is 1.39 bits per heavy atom. The molecule has 0 saturated carbocycles. The summed E-state index contributed by atoms with van der Waals surface area (Å²) in [6, 6.07) is 2.18. The Kier molecular flexibility index (Phi) is 5.85. The monoisotopic (exact) mass is 252 g/mol. The highest BCUT2D eigenvalue weighted by Gasteiger charge is 2.13. The lowest BCUT2D eigenvalue weighted by Gasteiger charge is -2.28. The maximum absolute atomic E-state index is 5.85. The number of hydrogen-bond donors (Lipinski definition) is 1. The van der Waals surface area contributed by atoms with Crippen molar-refractivity contribution in [3.05, 3.63) is 11.9 Å². The molecule has 1 heterocycles. The molecule has 1 aromatic rings. The first-order chi connectivity index (χ1) is 8.58. The van der Waals surface area contributed by atoms with Crippen molar-refractivity contribution in [1.29, 1.82) is 0 Å². The summed E-state index contributed by atoms with van der Waals surface area (Å²) in [6.45, 7) is 7.85. The van der Waals surface area contributed by atoms with E-state index in [0.717, 1.165) is 31.0 Å². The Balaban J connectivity index is 2.95. The van der Waals surface area contributed by atoms with Gasteiger partial charge in [0.2, 0.25) is 0 Å². The van der Waals surface area contributed by atoms with Crippen LogP contribution >= 0.6 is 0 Å². The summed E-state index contributed by atoms with van der Waals surface area (Å²) < 4.78 is 5.14. The quantitative estimate of drug-likeness (QED) is 0.802. The van der Waals surface area contributed by atoms with Gasteiger partial charge in [0.05, 0.1) is 6.61 Å². The van der Waals surface area contributed by atoms with E-state index in [2.05, 4.69) is 35.6 Å². The van der Waals surface area contributed by atoms with Gasteiger partial charge in [0.15, 0.2) is 0 Å². The number of hydrogen-bond acceptors (Lipinski definition) is 5. The van der Waals surface area contributed by atoms with Crippen LogP contribution in [-0.4, -0.2) is 36.3 Å². The molecule has 0 aliphatic heterocycles. The van der Waals surface area contributed by atoms with Gasteiger partial charge in [-0.1, -0.05) is 6.92 Å². The van der Waals surface area contributed by atoms with Gasteiger partial charge in [0.1, 0.15) is 17.5 Å². The van der Waals surface area contributed by atoms with Gasteiger partial charge >= 0.3 is 0 Å². The lowest BCUT2D eigenvalue weighted by Crippen LogP contribution is -2.34. The van der Waals surface area contributed by atoms with E-state index < -0.39 is 0 Å². The minimum Gasteiger partial charge on any atom is -0.384 e. The number of anilines is 2. The number of ether oxygens (including phenoxy) is 1. The summed E-state index contributed by atoms with van der Waals surface area (Å²) in [5, 5.41) is 0. The molecule has 102 valence electrons. The predicted molar refractivity (Wildman–Crippen MR) is 74.8 cm³/mol. The Morgan fingerprint density at radius 3 is 2.67 bits per heavy atom. The van der Waals surface area contributed by atoms with Crippen LogP contribution < -0.4 is 10.6 Å². The molecule has 1 aromatic heterocycles. The normalized spacial score (nSPS) is 10.9. The van der Waals surface area contributed by atoms with Crippen molar-refractivity contribution < 1.29 is 4.74 Å². The van der Waals surface area contributed by atoms with Gasteiger partial charge in [-0.3, -0.25) is 0 Å². The molecule has 0 spiro atoms. The Morgan fingerprint density at radius 2 is 2.11 bits per heavy atom. The molecule has 0 saturated heterocycles. The summed E-state index contributed by atoms with van der Waals surface area (Å²) in [7, 11) is 1.70. The van der Waals surface area contributed by atoms with Crippen LogP contribution in [0.25, 0.3) is 0 Å². The number of nitrogen functional groups attached to an aromatic ring is 1. The second-order valence-electron chi connectivity index (χ2n) is 4.60. The Bertz CT molecular complexity index is 368. The summed E-state index contributed by atoms with van der Waals surface area (Å²) >= 11 is 0. The standard InChI is InChI=1S/C13H24N4O/c1-5-6-12-15-11(14)9-13(16-12)17(10(2)3)7-8-18-4/h9-10H,5-8H2,1-4H3,(H2,14,15,16). The van der Waals surface area contributed by atoms with E-state index in [1.54, 1.807) is 7.11 Å². The van der Waals surface area contributed by atoms with Crippen molar-refractivity contribution in [2.75, 3.05) is 30.9 Å². The van der Waals surface area contributed by atoms with E-state index in [-0.39, 0.29) is 0 Å². The Hall–Kier alpha value is -1.36. The molecular formula is C13H24N4O. The van der Waals surface area contributed by atoms with Crippen LogP contribution in [0, 0.1) is 0 Å². The third-order valence-corrected chi connectivity index (χ3v) is 2.71. The zero-order chi connectivity index (χ0) is 13.5. The molecule has 0 amide bonds. The highest BCUT2D eigenvalue weighted by Crippen LogP contribution is 2.17. The van der Waals surface area contributed by atoms with Crippen LogP contribution in [0.15, 0.2) is 6.07 Å². The molecule has 0 aliphatic rings. The molecule has 0 unspecified atom stereocenters. The summed E-state index contributed by atoms with van der Waals surface area (Å²) in [5.74, 6) is 2.24. The van der Waals surface area contributed by atoms with Crippen LogP contribution in [0.3, 0.4) is 0 Å². The average molecular weight is 252 g/mol. The van der Waals surface area contributed by atoms with Gasteiger partial charge < -0.3 is 15.4 Å². The number of nitrogens with zero attached hydrogens (tertiary/aromatic N) is 3. The van der Waals surface area contributed by atoms with Crippen molar-refractivity contribution in [2.24, 2.45) is 0 Å². The highest BCUT2D eigenvalue weighted by molar-refractivity contribution is 5.47. The second kappa shape index (κ2) is 7.16. The van der Waals surface area contributed by atoms with Gasteiger partial charge in [-0.25, -0.2) is 9.97 Å². The Labute approximate surface area is 109 Å². The van der Waals surface area contributed by atoms with Gasteiger partial charge in [-0.05, 0) is 20.3 Å². The topological polar surface area (TPSA) is 64.3 Å². The van der Waals surface area contributed by atoms with Crippen LogP contribution in [-0.2, 0) is 11.2 Å². The van der Waals surface area contributed by atoms with E-state index >= 15 is 0 Å². The van der Waals surface area contributed by atoms with Gasteiger partial charge in [-0.15, -0.1) is 0 Å². The van der Waals surface area contributed by atoms with Gasteiger partial charge in [0, 0.05) is 32.2 Å². The molecule has 0 aromatic carbocycles. The third-order valence-electron chi connectivity index (χ3n) is 2.71. The number of aromatic nitrogens is 2. The molecule has 18 heavy (non-hydrogen) atoms. The molecule has 0 atom stereocenters. The van der Waals surface area contributed by atoms with E-state index in [4.69, 9.17) is 10.5 Å². The van der Waals surface area contributed by atoms with Crippen molar-refractivity contribution in [3.63, 3.8) is 0 Å². The minimum absolute atomic E-state index is 0.351. The predicted octanol–water partition coefficient (Wildman–Crippen LogP) is 1.87. The van der Waals surface area contributed by atoms with E-state index in [0.29, 0.717) is 18.5 Å². The van der Waals surface area contributed by atoms with Crippen molar-refractivity contribution >= 4 is 11.6 Å². The number of methoxy groups -OCH3 is 1. The summed E-state index contributed by atoms with van der Waals surface area (Å²) in [6.07, 6.45) is 1.87. The first-order valence-corrected chi connectivity index (χ1v) is 6.47. The fourth-order valence-electron chi connectivity index (χ4n) is 1.81. The van der Waals surface area contributed by atoms with Crippen LogP contribution in [0.1, 0.15) is 33.0 Å². The zero-order valence-corrected chi connectivity index (χ0v) is 11.8. The first-order valence-electron chi connectivity index (χ1n) is 6.47. The van der Waals surface area contributed by atoms with Crippen LogP contribution in [0.2, 0.25) is 0 Å². The number of nitrogens with two attached hydrogens (primary N) is 1. The van der Waals surface area contributed by atoms with E-state index in [1.807, 2.05) is 6.07 Å². The van der Waals surface area contributed by atoms with Crippen LogP contribution in [0.5, 0.6) is 0 Å². The molecular weight excluding hydrogens is 228 g/mol. The molecule has 5 nitrogen and oxygen atoms in total. The van der Waals surface area contributed by atoms with Crippen molar-refractivity contribution in [1.82, 2.24) is 9.97 Å². The second-order valence-corrected chi connectivity index (χ2v) is 4.60. The average Bonchev–Trinajstić information content (AvgIpc) is 2.28. The van der Waals surface area contributed by atoms with Gasteiger partial charge in [-0.2, -0.15) is 0 Å². The maximum atomic E-state index is 5.85. The van der Waals surface area contributed by atoms with E-state index in [9.17, 15) is 0 Å². The smallest absolute Gasteiger partial charge is 0.134 e. The molecule has 0 bridgehead atoms. The fraction of sp³-hybridized carbons (Fsp3) is 0.692. The van der Waals surface area contributed by atoms with Crippen LogP contribution in [0.4, 0.5) is 11.6 Å². The SMILES string of the molecule is CCCc1nc(N)cc(N(CCOC)C(C)C)n1. The molecule has 1 rings (SSSR count). The zero-order valence-electron chi connectivity index (χ0n) is 11.8. The lowest BCUT2D eigenvalue weighted by molar-refractivity contribution is 0.203. The molecule has 5 heteroatoms. The third kappa shape index (κ3) is 4.14. The highest BCUT2D eigenvalue weighted by atomic mass is 16.5. The van der Waals surface area contributed by atoms with Gasteiger partial charge in [0.25, 0.3) is 0 Å². The number of rotatable bonds is 7. The minimum atomic E-state index is 0.351. The summed E-state index contributed by atoms with van der Waals surface area (Å²) in [5.41, 5.74) is 5.85. The first kappa shape index (κ1) is 14.7. The molecule has 2 N–H and O–H groups in total.